The van der Waals surface area contributed by atoms with E-state index in [-0.39, 0.29) is 19.8 Å². The molecule has 0 aromatic heterocycles. The monoisotopic (exact) mass is 297 g/mol. The largest absolute Gasteiger partial charge is 0.490 e. The highest BCUT2D eigenvalue weighted by molar-refractivity contribution is 5.78. The molecule has 6 heteroatoms. The maximum absolute atomic E-state index is 11.9. The molecule has 1 aromatic rings. The quantitative estimate of drug-likeness (QED) is 0.625. The maximum Gasteiger partial charge on any atom is 0.258 e. The van der Waals surface area contributed by atoms with Crippen molar-refractivity contribution in [2.45, 2.75) is 25.8 Å². The second kappa shape index (κ2) is 8.49. The lowest BCUT2D eigenvalue weighted by molar-refractivity contribution is -0.126. The molecule has 0 spiro atoms. The van der Waals surface area contributed by atoms with Gasteiger partial charge in [-0.2, -0.15) is 0 Å². The van der Waals surface area contributed by atoms with Gasteiger partial charge >= 0.3 is 0 Å². The van der Waals surface area contributed by atoms with E-state index in [1.165, 1.54) is 0 Å². The van der Waals surface area contributed by atoms with Crippen molar-refractivity contribution in [3.05, 3.63) is 24.3 Å². The molecular formula is C15H23NO5. The second-order valence-corrected chi connectivity index (χ2v) is 4.67. The molecule has 0 fully saturated rings. The molecule has 0 radical (unpaired) electrons. The molecule has 6 nitrogen and oxygen atoms in total. The number of hydrogen-bond donors (Lipinski definition) is 3. The number of aliphatic hydroxyl groups is 2. The first-order valence-electron chi connectivity index (χ1n) is 6.98. The first kappa shape index (κ1) is 17.3. The summed E-state index contributed by atoms with van der Waals surface area (Å²) in [5, 5.41) is 21.2. The summed E-state index contributed by atoms with van der Waals surface area (Å²) >= 11 is 0. The summed E-state index contributed by atoms with van der Waals surface area (Å²) in [6.45, 7) is 3.26. The van der Waals surface area contributed by atoms with Gasteiger partial charge in [0.05, 0.1) is 25.4 Å². The van der Waals surface area contributed by atoms with Crippen molar-refractivity contribution in [1.29, 1.82) is 0 Å². The molecule has 0 aliphatic carbocycles. The van der Waals surface area contributed by atoms with Gasteiger partial charge in [0.15, 0.2) is 18.1 Å². The van der Waals surface area contributed by atoms with Gasteiger partial charge in [-0.25, -0.2) is 0 Å². The van der Waals surface area contributed by atoms with E-state index in [2.05, 4.69) is 5.32 Å². The minimum Gasteiger partial charge on any atom is -0.490 e. The summed E-state index contributed by atoms with van der Waals surface area (Å²) in [5.74, 6) is 0.634. The van der Waals surface area contributed by atoms with Crippen molar-refractivity contribution in [3.63, 3.8) is 0 Å². The maximum atomic E-state index is 11.9. The lowest BCUT2D eigenvalue weighted by atomic mass is 9.98. The van der Waals surface area contributed by atoms with Crippen molar-refractivity contribution >= 4 is 5.91 Å². The number of hydrogen-bond acceptors (Lipinski definition) is 5. The molecule has 0 bridgehead atoms. The fraction of sp³-hybridized carbons (Fsp3) is 0.533. The van der Waals surface area contributed by atoms with Gasteiger partial charge in [-0.1, -0.05) is 19.1 Å². The van der Waals surface area contributed by atoms with E-state index in [1.54, 1.807) is 25.1 Å². The fourth-order valence-electron chi connectivity index (χ4n) is 1.76. The number of amides is 1. The highest BCUT2D eigenvalue weighted by atomic mass is 16.5. The lowest BCUT2D eigenvalue weighted by Crippen LogP contribution is -2.54. The van der Waals surface area contributed by atoms with Crippen molar-refractivity contribution in [2.24, 2.45) is 0 Å². The third kappa shape index (κ3) is 4.91. The molecule has 3 N–H and O–H groups in total. The van der Waals surface area contributed by atoms with Crippen LogP contribution in [0.5, 0.6) is 11.5 Å². The first-order valence-corrected chi connectivity index (χ1v) is 6.98. The van der Waals surface area contributed by atoms with Crippen LogP contribution in [0, 0.1) is 0 Å². The van der Waals surface area contributed by atoms with Crippen LogP contribution in [-0.2, 0) is 4.79 Å². The first-order chi connectivity index (χ1) is 10.1. The van der Waals surface area contributed by atoms with Gasteiger partial charge in [-0.15, -0.1) is 0 Å². The van der Waals surface area contributed by atoms with Gasteiger partial charge in [0.1, 0.15) is 0 Å². The van der Waals surface area contributed by atoms with Gasteiger partial charge < -0.3 is 25.0 Å². The van der Waals surface area contributed by atoms with Crippen LogP contribution in [0.2, 0.25) is 0 Å². The summed E-state index contributed by atoms with van der Waals surface area (Å²) in [6.07, 6.45) is 0.418. The number of carbonyl (C=O) groups excluding carboxylic acids is 1. The zero-order chi connectivity index (χ0) is 15.7. The zero-order valence-corrected chi connectivity index (χ0v) is 12.5. The van der Waals surface area contributed by atoms with Crippen LogP contribution in [0.4, 0.5) is 0 Å². The normalized spacial score (nSPS) is 11.0. The van der Waals surface area contributed by atoms with E-state index in [0.717, 1.165) is 0 Å². The Labute approximate surface area is 124 Å². The highest BCUT2D eigenvalue weighted by Gasteiger charge is 2.28. The number of benzene rings is 1. The van der Waals surface area contributed by atoms with Crippen molar-refractivity contribution in [2.75, 3.05) is 26.4 Å². The third-order valence-electron chi connectivity index (χ3n) is 3.19. The van der Waals surface area contributed by atoms with Gasteiger partial charge in [0.25, 0.3) is 5.91 Å². The molecule has 0 unspecified atom stereocenters. The van der Waals surface area contributed by atoms with Gasteiger partial charge in [0, 0.05) is 0 Å². The number of aliphatic hydroxyl groups excluding tert-OH is 2. The molecule has 0 aliphatic heterocycles. The fourth-order valence-corrected chi connectivity index (χ4v) is 1.76. The van der Waals surface area contributed by atoms with E-state index in [9.17, 15) is 15.0 Å². The lowest BCUT2D eigenvalue weighted by Gasteiger charge is -2.29. The Morgan fingerprint density at radius 2 is 1.71 bits per heavy atom. The third-order valence-corrected chi connectivity index (χ3v) is 3.19. The Morgan fingerprint density at radius 1 is 1.14 bits per heavy atom. The average Bonchev–Trinajstić information content (AvgIpc) is 2.52. The van der Waals surface area contributed by atoms with Crippen LogP contribution in [0.3, 0.4) is 0 Å². The summed E-state index contributed by atoms with van der Waals surface area (Å²) in [7, 11) is 0. The average molecular weight is 297 g/mol. The van der Waals surface area contributed by atoms with Crippen molar-refractivity contribution in [1.82, 2.24) is 5.32 Å². The Kier molecular flexibility index (Phi) is 6.98. The number of ether oxygens (including phenoxy) is 2. The molecule has 0 saturated heterocycles. The van der Waals surface area contributed by atoms with E-state index in [0.29, 0.717) is 24.5 Å². The van der Waals surface area contributed by atoms with Crippen LogP contribution in [0.15, 0.2) is 24.3 Å². The molecule has 1 rings (SSSR count). The molecule has 0 heterocycles. The van der Waals surface area contributed by atoms with E-state index >= 15 is 0 Å². The molecule has 21 heavy (non-hydrogen) atoms. The van der Waals surface area contributed by atoms with Gasteiger partial charge in [-0.05, 0) is 25.5 Å². The predicted molar refractivity (Wildman–Crippen MR) is 78.4 cm³/mol. The van der Waals surface area contributed by atoms with E-state index < -0.39 is 11.4 Å². The minimum atomic E-state index is -1.01. The van der Waals surface area contributed by atoms with Crippen molar-refractivity contribution in [3.8, 4) is 11.5 Å². The number of nitrogens with one attached hydrogen (secondary N) is 1. The Hall–Kier alpha value is -1.79. The summed E-state index contributed by atoms with van der Waals surface area (Å²) < 4.78 is 10.8. The molecule has 0 atom stereocenters. The number of rotatable bonds is 9. The van der Waals surface area contributed by atoms with Gasteiger partial charge in [-0.3, -0.25) is 4.79 Å². The molecule has 0 aliphatic rings. The zero-order valence-electron chi connectivity index (χ0n) is 12.5. The van der Waals surface area contributed by atoms with Crippen LogP contribution in [-0.4, -0.2) is 48.1 Å². The standard InChI is InChI=1S/C15H23NO5/c1-3-15(10-17,11-18)16-14(19)9-21-13-8-6-5-7-12(13)20-4-2/h5-8,17-18H,3-4,9-11H2,1-2H3,(H,16,19). The Bertz CT molecular complexity index is 437. The van der Waals surface area contributed by atoms with Crippen LogP contribution >= 0.6 is 0 Å². The number of para-hydroxylation sites is 2. The number of carbonyl (C=O) groups is 1. The van der Waals surface area contributed by atoms with Crippen LogP contribution < -0.4 is 14.8 Å². The summed E-state index contributed by atoms with van der Waals surface area (Å²) in [5.41, 5.74) is -1.01. The summed E-state index contributed by atoms with van der Waals surface area (Å²) in [6, 6.07) is 7.07. The van der Waals surface area contributed by atoms with E-state index in [1.807, 2.05) is 13.0 Å². The highest BCUT2D eigenvalue weighted by Crippen LogP contribution is 2.26. The second-order valence-electron chi connectivity index (χ2n) is 4.67. The van der Waals surface area contributed by atoms with Crippen LogP contribution in [0.1, 0.15) is 20.3 Å². The van der Waals surface area contributed by atoms with Gasteiger partial charge in [0.2, 0.25) is 0 Å². The van der Waals surface area contributed by atoms with Crippen molar-refractivity contribution < 1.29 is 24.5 Å². The molecule has 0 saturated carbocycles. The Balaban J connectivity index is 2.61. The predicted octanol–water partition coefficient (Wildman–Crippen LogP) is 0.714. The summed E-state index contributed by atoms with van der Waals surface area (Å²) in [4.78, 5) is 11.9. The Morgan fingerprint density at radius 3 is 2.19 bits per heavy atom. The molecule has 118 valence electrons. The molecule has 1 aromatic carbocycles. The van der Waals surface area contributed by atoms with Crippen LogP contribution in [0.25, 0.3) is 0 Å². The minimum absolute atomic E-state index is 0.216. The SMILES string of the molecule is CCOc1ccccc1OCC(=O)NC(CC)(CO)CO. The van der Waals surface area contributed by atoms with E-state index in [4.69, 9.17) is 9.47 Å². The molecular weight excluding hydrogens is 274 g/mol. The smallest absolute Gasteiger partial charge is 0.258 e. The topological polar surface area (TPSA) is 88.0 Å². The molecule has 1 amide bonds.